The van der Waals surface area contributed by atoms with Gasteiger partial charge in [-0.05, 0) is 37.1 Å². The second kappa shape index (κ2) is 6.78. The maximum Gasteiger partial charge on any atom is 0.235 e. The zero-order chi connectivity index (χ0) is 14.4. The fourth-order valence-electron chi connectivity index (χ4n) is 2.39. The lowest BCUT2D eigenvalue weighted by Gasteiger charge is -2.22. The van der Waals surface area contributed by atoms with Crippen LogP contribution in [-0.2, 0) is 10.0 Å². The highest BCUT2D eigenvalue weighted by atomic mass is 32.2. The second-order valence-corrected chi connectivity index (χ2v) is 6.91. The van der Waals surface area contributed by atoms with Crippen molar-refractivity contribution < 1.29 is 13.5 Å². The molecule has 2 N–H and O–H groups in total. The molecule has 1 aromatic rings. The number of sulfonamides is 1. The van der Waals surface area contributed by atoms with Crippen LogP contribution in [0.2, 0.25) is 0 Å². The summed E-state index contributed by atoms with van der Waals surface area (Å²) in [4.78, 5) is 0. The van der Waals surface area contributed by atoms with Crippen molar-refractivity contribution in [2.75, 3.05) is 11.3 Å². The second-order valence-electron chi connectivity index (χ2n) is 4.94. The minimum absolute atomic E-state index is 0.184. The largest absolute Gasteiger partial charge is 0.384 e. The molecule has 0 heterocycles. The Kier molecular flexibility index (Phi) is 5.05. The van der Waals surface area contributed by atoms with Crippen molar-refractivity contribution in [1.82, 2.24) is 0 Å². The molecule has 0 radical (unpaired) electrons. The molecule has 1 fully saturated rings. The van der Waals surface area contributed by atoms with E-state index in [1.54, 1.807) is 24.3 Å². The van der Waals surface area contributed by atoms with E-state index in [0.717, 1.165) is 37.7 Å². The van der Waals surface area contributed by atoms with Crippen LogP contribution < -0.4 is 4.72 Å². The molecule has 2 rings (SSSR count). The number of benzene rings is 1. The van der Waals surface area contributed by atoms with Crippen LogP contribution >= 0.6 is 0 Å². The molecular weight excluding hydrogens is 274 g/mol. The fraction of sp³-hybridized carbons (Fsp3) is 0.467. The number of nitrogens with one attached hydrogen (secondary N) is 1. The standard InChI is InChI=1S/C15H19NO3S/c17-12-4-5-13-8-10-14(11-9-13)16-20(18,19)15-6-2-1-3-7-15/h8-11,15-17H,1-3,6-7,12H2. The third kappa shape index (κ3) is 3.99. The summed E-state index contributed by atoms with van der Waals surface area (Å²) in [5.74, 6) is 5.32. The minimum atomic E-state index is -3.29. The van der Waals surface area contributed by atoms with Crippen molar-refractivity contribution in [3.8, 4) is 11.8 Å². The summed E-state index contributed by atoms with van der Waals surface area (Å²) in [5, 5.41) is 8.34. The van der Waals surface area contributed by atoms with E-state index in [1.807, 2.05) is 0 Å². The Hall–Kier alpha value is -1.51. The summed E-state index contributed by atoms with van der Waals surface area (Å²) in [6.45, 7) is -0.184. The number of aliphatic hydroxyl groups excluding tert-OH is 1. The molecule has 0 amide bonds. The van der Waals surface area contributed by atoms with E-state index in [0.29, 0.717) is 5.69 Å². The Morgan fingerprint density at radius 2 is 1.80 bits per heavy atom. The molecule has 0 aliphatic heterocycles. The molecule has 20 heavy (non-hydrogen) atoms. The average Bonchev–Trinajstić information content (AvgIpc) is 2.47. The van der Waals surface area contributed by atoms with Crippen LogP contribution in [0.5, 0.6) is 0 Å². The van der Waals surface area contributed by atoms with Crippen molar-refractivity contribution in [2.24, 2.45) is 0 Å². The number of aliphatic hydroxyl groups is 1. The SMILES string of the molecule is O=S(=O)(Nc1ccc(C#CCO)cc1)C1CCCCC1. The predicted octanol–water partition coefficient (Wildman–Crippen LogP) is 2.10. The molecule has 4 nitrogen and oxygen atoms in total. The highest BCUT2D eigenvalue weighted by Crippen LogP contribution is 2.25. The van der Waals surface area contributed by atoms with Crippen LogP contribution in [0.3, 0.4) is 0 Å². The van der Waals surface area contributed by atoms with Gasteiger partial charge in [-0.25, -0.2) is 8.42 Å². The third-order valence-corrected chi connectivity index (χ3v) is 5.32. The van der Waals surface area contributed by atoms with Gasteiger partial charge < -0.3 is 5.11 Å². The van der Waals surface area contributed by atoms with Crippen molar-refractivity contribution in [3.05, 3.63) is 29.8 Å². The van der Waals surface area contributed by atoms with Gasteiger partial charge in [0.15, 0.2) is 0 Å². The number of hydrogen-bond donors (Lipinski definition) is 2. The lowest BCUT2D eigenvalue weighted by atomic mass is 10.0. The van der Waals surface area contributed by atoms with Gasteiger partial charge in [-0.15, -0.1) is 0 Å². The Morgan fingerprint density at radius 3 is 2.40 bits per heavy atom. The van der Waals surface area contributed by atoms with Gasteiger partial charge in [0.1, 0.15) is 6.61 Å². The monoisotopic (exact) mass is 293 g/mol. The molecule has 0 unspecified atom stereocenters. The first-order valence-corrected chi connectivity index (χ1v) is 8.38. The van der Waals surface area contributed by atoms with E-state index in [4.69, 9.17) is 5.11 Å². The van der Waals surface area contributed by atoms with E-state index in [2.05, 4.69) is 16.6 Å². The fourth-order valence-corrected chi connectivity index (χ4v) is 3.97. The lowest BCUT2D eigenvalue weighted by molar-refractivity contribution is 0.350. The highest BCUT2D eigenvalue weighted by molar-refractivity contribution is 7.93. The maximum atomic E-state index is 12.2. The smallest absolute Gasteiger partial charge is 0.235 e. The summed E-state index contributed by atoms with van der Waals surface area (Å²) in [6, 6.07) is 6.87. The Balaban J connectivity index is 2.05. The first kappa shape index (κ1) is 14.9. The summed E-state index contributed by atoms with van der Waals surface area (Å²) in [7, 11) is -3.29. The average molecular weight is 293 g/mol. The van der Waals surface area contributed by atoms with Crippen LogP contribution in [0, 0.1) is 11.8 Å². The number of anilines is 1. The quantitative estimate of drug-likeness (QED) is 0.839. The minimum Gasteiger partial charge on any atom is -0.384 e. The van der Waals surface area contributed by atoms with Gasteiger partial charge in [0.05, 0.1) is 5.25 Å². The van der Waals surface area contributed by atoms with Gasteiger partial charge in [0.2, 0.25) is 10.0 Å². The van der Waals surface area contributed by atoms with E-state index >= 15 is 0 Å². The topological polar surface area (TPSA) is 66.4 Å². The molecule has 0 saturated heterocycles. The summed E-state index contributed by atoms with van der Waals surface area (Å²) in [6.07, 6.45) is 4.59. The zero-order valence-electron chi connectivity index (χ0n) is 11.3. The molecule has 1 aliphatic rings. The first-order chi connectivity index (χ1) is 9.62. The zero-order valence-corrected chi connectivity index (χ0v) is 12.1. The Morgan fingerprint density at radius 1 is 1.15 bits per heavy atom. The molecule has 0 spiro atoms. The number of hydrogen-bond acceptors (Lipinski definition) is 3. The molecule has 1 aliphatic carbocycles. The molecule has 108 valence electrons. The normalized spacial score (nSPS) is 16.2. The maximum absolute atomic E-state index is 12.2. The third-order valence-electron chi connectivity index (χ3n) is 3.45. The number of rotatable bonds is 3. The van der Waals surface area contributed by atoms with Gasteiger partial charge in [0.25, 0.3) is 0 Å². The van der Waals surface area contributed by atoms with Crippen LogP contribution in [0.1, 0.15) is 37.7 Å². The van der Waals surface area contributed by atoms with Crippen LogP contribution in [0.25, 0.3) is 0 Å². The molecule has 1 aromatic carbocycles. The van der Waals surface area contributed by atoms with Crippen molar-refractivity contribution in [3.63, 3.8) is 0 Å². The van der Waals surface area contributed by atoms with Gasteiger partial charge in [0, 0.05) is 11.3 Å². The van der Waals surface area contributed by atoms with Crippen LogP contribution in [-0.4, -0.2) is 25.4 Å². The van der Waals surface area contributed by atoms with Crippen molar-refractivity contribution in [2.45, 2.75) is 37.4 Å². The molecular formula is C15H19NO3S. The van der Waals surface area contributed by atoms with Crippen LogP contribution in [0.4, 0.5) is 5.69 Å². The van der Waals surface area contributed by atoms with Crippen LogP contribution in [0.15, 0.2) is 24.3 Å². The van der Waals surface area contributed by atoms with E-state index in [1.165, 1.54) is 0 Å². The van der Waals surface area contributed by atoms with Gasteiger partial charge in [-0.1, -0.05) is 31.1 Å². The molecule has 1 saturated carbocycles. The molecule has 0 bridgehead atoms. The molecule has 0 atom stereocenters. The van der Waals surface area contributed by atoms with E-state index < -0.39 is 10.0 Å². The highest BCUT2D eigenvalue weighted by Gasteiger charge is 2.26. The van der Waals surface area contributed by atoms with Gasteiger partial charge in [-0.3, -0.25) is 4.72 Å². The van der Waals surface area contributed by atoms with E-state index in [-0.39, 0.29) is 11.9 Å². The molecule has 5 heteroatoms. The summed E-state index contributed by atoms with van der Waals surface area (Å²) < 4.78 is 27.1. The summed E-state index contributed by atoms with van der Waals surface area (Å²) >= 11 is 0. The van der Waals surface area contributed by atoms with E-state index in [9.17, 15) is 8.42 Å². The summed E-state index contributed by atoms with van der Waals surface area (Å²) in [5.41, 5.74) is 1.31. The van der Waals surface area contributed by atoms with Crippen molar-refractivity contribution >= 4 is 15.7 Å². The van der Waals surface area contributed by atoms with Gasteiger partial charge in [-0.2, -0.15) is 0 Å². The lowest BCUT2D eigenvalue weighted by Crippen LogP contribution is -2.29. The predicted molar refractivity (Wildman–Crippen MR) is 79.8 cm³/mol. The Bertz CT molecular complexity index is 590. The van der Waals surface area contributed by atoms with Gasteiger partial charge >= 0.3 is 0 Å². The first-order valence-electron chi connectivity index (χ1n) is 6.83. The Labute approximate surface area is 120 Å². The molecule has 0 aromatic heterocycles. The van der Waals surface area contributed by atoms with Crippen molar-refractivity contribution in [1.29, 1.82) is 0 Å².